The highest BCUT2D eigenvalue weighted by atomic mass is 19.1. The van der Waals surface area contributed by atoms with Crippen molar-refractivity contribution in [2.75, 3.05) is 6.61 Å². The Hall–Kier alpha value is -1.71. The number of ketones is 1. The first-order chi connectivity index (χ1) is 10.1. The number of rotatable bonds is 5. The minimum atomic E-state index is -0.389. The predicted molar refractivity (Wildman–Crippen MR) is 75.2 cm³/mol. The average molecular weight is 290 g/mol. The molecule has 4 heteroatoms. The van der Waals surface area contributed by atoms with Crippen molar-refractivity contribution in [1.82, 2.24) is 0 Å². The lowest BCUT2D eigenvalue weighted by Crippen LogP contribution is -2.19. The highest BCUT2D eigenvalue weighted by Crippen LogP contribution is 2.49. The van der Waals surface area contributed by atoms with Crippen LogP contribution < -0.4 is 0 Å². The third-order valence-electron chi connectivity index (χ3n) is 4.84. The van der Waals surface area contributed by atoms with E-state index in [2.05, 4.69) is 0 Å². The molecule has 0 aromatic heterocycles. The fourth-order valence-electron chi connectivity index (χ4n) is 3.76. The molecule has 0 aliphatic heterocycles. The van der Waals surface area contributed by atoms with E-state index >= 15 is 0 Å². The Labute approximate surface area is 123 Å². The van der Waals surface area contributed by atoms with Gasteiger partial charge < -0.3 is 4.74 Å². The molecule has 2 aliphatic carbocycles. The highest BCUT2D eigenvalue weighted by Gasteiger charge is 2.40. The van der Waals surface area contributed by atoms with E-state index in [9.17, 15) is 14.0 Å². The van der Waals surface area contributed by atoms with Gasteiger partial charge in [0.2, 0.25) is 0 Å². The van der Waals surface area contributed by atoms with Gasteiger partial charge in [-0.15, -0.1) is 0 Å². The van der Waals surface area contributed by atoms with Gasteiger partial charge in [0.1, 0.15) is 5.82 Å². The second-order valence-electron chi connectivity index (χ2n) is 6.23. The smallest absolute Gasteiger partial charge is 0.306 e. The molecule has 3 unspecified atom stereocenters. The molecule has 2 aliphatic rings. The van der Waals surface area contributed by atoms with Gasteiger partial charge in [-0.3, -0.25) is 9.59 Å². The van der Waals surface area contributed by atoms with Crippen molar-refractivity contribution in [2.45, 2.75) is 32.1 Å². The van der Waals surface area contributed by atoms with Gasteiger partial charge in [-0.05, 0) is 61.3 Å². The second kappa shape index (κ2) is 5.96. The Balaban J connectivity index is 1.45. The van der Waals surface area contributed by atoms with Crippen molar-refractivity contribution >= 4 is 11.8 Å². The maximum atomic E-state index is 12.8. The van der Waals surface area contributed by atoms with Crippen molar-refractivity contribution in [3.8, 4) is 0 Å². The molecule has 0 heterocycles. The minimum absolute atomic E-state index is 0.259. The van der Waals surface area contributed by atoms with Crippen LogP contribution >= 0.6 is 0 Å². The number of Topliss-reactive ketones (excluding diaryl/α,β-unsaturated/α-hetero) is 1. The largest absolute Gasteiger partial charge is 0.457 e. The highest BCUT2D eigenvalue weighted by molar-refractivity contribution is 5.97. The molecule has 0 radical (unpaired) electrons. The van der Waals surface area contributed by atoms with Crippen LogP contribution in [-0.4, -0.2) is 18.4 Å². The number of ether oxygens (including phenoxy) is 1. The Kier molecular flexibility index (Phi) is 4.04. The number of hydrogen-bond acceptors (Lipinski definition) is 3. The van der Waals surface area contributed by atoms with E-state index in [1.165, 1.54) is 43.5 Å². The zero-order valence-electron chi connectivity index (χ0n) is 11.9. The van der Waals surface area contributed by atoms with E-state index < -0.39 is 0 Å². The van der Waals surface area contributed by atoms with Crippen LogP contribution in [0.3, 0.4) is 0 Å². The quantitative estimate of drug-likeness (QED) is 0.617. The van der Waals surface area contributed by atoms with Gasteiger partial charge in [0.15, 0.2) is 12.4 Å². The fourth-order valence-corrected chi connectivity index (χ4v) is 3.76. The van der Waals surface area contributed by atoms with Crippen molar-refractivity contribution in [3.63, 3.8) is 0 Å². The van der Waals surface area contributed by atoms with Crippen LogP contribution in [-0.2, 0) is 9.53 Å². The van der Waals surface area contributed by atoms with Gasteiger partial charge in [0.25, 0.3) is 0 Å². The van der Waals surface area contributed by atoms with E-state index in [0.29, 0.717) is 23.8 Å². The van der Waals surface area contributed by atoms with E-state index in [0.717, 1.165) is 12.3 Å². The summed E-state index contributed by atoms with van der Waals surface area (Å²) >= 11 is 0. The zero-order valence-corrected chi connectivity index (χ0v) is 11.9. The molecular formula is C17H19FO3. The summed E-state index contributed by atoms with van der Waals surface area (Å²) in [7, 11) is 0. The SMILES string of the molecule is O=C(CC1CC2CCC1C2)OCC(=O)c1ccc(F)cc1. The van der Waals surface area contributed by atoms with Gasteiger partial charge in [0.05, 0.1) is 0 Å². The van der Waals surface area contributed by atoms with Crippen LogP contribution in [0.2, 0.25) is 0 Å². The molecule has 2 saturated carbocycles. The fraction of sp³-hybridized carbons (Fsp3) is 0.529. The summed E-state index contributed by atoms with van der Waals surface area (Å²) in [5.74, 6) is 0.945. The van der Waals surface area contributed by atoms with Crippen LogP contribution in [0.1, 0.15) is 42.5 Å². The van der Waals surface area contributed by atoms with Crippen molar-refractivity contribution in [2.24, 2.45) is 17.8 Å². The summed E-state index contributed by atoms with van der Waals surface area (Å²) in [6.07, 6.45) is 5.35. The molecule has 112 valence electrons. The van der Waals surface area contributed by atoms with Crippen molar-refractivity contribution in [3.05, 3.63) is 35.6 Å². The third-order valence-corrected chi connectivity index (χ3v) is 4.84. The molecule has 1 aromatic rings. The number of carbonyl (C=O) groups excluding carboxylic acids is 2. The van der Waals surface area contributed by atoms with Gasteiger partial charge in [-0.1, -0.05) is 6.42 Å². The monoisotopic (exact) mass is 290 g/mol. The maximum Gasteiger partial charge on any atom is 0.306 e. The summed E-state index contributed by atoms with van der Waals surface area (Å²) in [6.45, 7) is -0.259. The number of hydrogen-bond donors (Lipinski definition) is 0. The molecule has 0 N–H and O–H groups in total. The molecule has 1 aromatic carbocycles. The van der Waals surface area contributed by atoms with Gasteiger partial charge in [0, 0.05) is 12.0 Å². The summed E-state index contributed by atoms with van der Waals surface area (Å²) < 4.78 is 17.8. The van der Waals surface area contributed by atoms with Gasteiger partial charge in [-0.2, -0.15) is 0 Å². The van der Waals surface area contributed by atoms with Crippen LogP contribution in [0.25, 0.3) is 0 Å². The maximum absolute atomic E-state index is 12.8. The topological polar surface area (TPSA) is 43.4 Å². The van der Waals surface area contributed by atoms with E-state index in [1.807, 2.05) is 0 Å². The molecule has 0 amide bonds. The molecular weight excluding hydrogens is 271 g/mol. The normalized spacial score (nSPS) is 26.8. The van der Waals surface area contributed by atoms with Crippen LogP contribution in [0.4, 0.5) is 4.39 Å². The number of esters is 1. The Morgan fingerprint density at radius 1 is 1.14 bits per heavy atom. The van der Waals surface area contributed by atoms with Crippen LogP contribution in [0.15, 0.2) is 24.3 Å². The summed E-state index contributed by atoms with van der Waals surface area (Å²) in [5, 5.41) is 0. The zero-order chi connectivity index (χ0) is 14.8. The molecule has 3 nitrogen and oxygen atoms in total. The molecule has 2 fully saturated rings. The molecule has 3 atom stereocenters. The predicted octanol–water partition coefficient (Wildman–Crippen LogP) is 3.38. The second-order valence-corrected chi connectivity index (χ2v) is 6.23. The standard InChI is InChI=1S/C17H19FO3/c18-15-5-3-12(4-6-15)16(19)10-21-17(20)9-14-8-11-1-2-13(14)7-11/h3-6,11,13-14H,1-2,7-10H2. The Morgan fingerprint density at radius 3 is 2.52 bits per heavy atom. The summed E-state index contributed by atoms with van der Waals surface area (Å²) in [5.41, 5.74) is 0.365. The molecule has 3 rings (SSSR count). The lowest BCUT2D eigenvalue weighted by molar-refractivity contribution is -0.144. The summed E-state index contributed by atoms with van der Waals surface area (Å²) in [6, 6.07) is 5.26. The first-order valence-corrected chi connectivity index (χ1v) is 7.56. The lowest BCUT2D eigenvalue weighted by atomic mass is 9.86. The first-order valence-electron chi connectivity index (χ1n) is 7.56. The third kappa shape index (κ3) is 3.31. The number of fused-ring (bicyclic) bond motifs is 2. The number of benzene rings is 1. The van der Waals surface area contributed by atoms with Gasteiger partial charge in [-0.25, -0.2) is 4.39 Å². The Bertz CT molecular complexity index is 537. The van der Waals surface area contributed by atoms with Crippen LogP contribution in [0.5, 0.6) is 0 Å². The average Bonchev–Trinajstić information content (AvgIpc) is 3.08. The summed E-state index contributed by atoms with van der Waals surface area (Å²) in [4.78, 5) is 23.7. The van der Waals surface area contributed by atoms with E-state index in [-0.39, 0.29) is 24.2 Å². The van der Waals surface area contributed by atoms with E-state index in [4.69, 9.17) is 4.74 Å². The van der Waals surface area contributed by atoms with Crippen LogP contribution in [0, 0.1) is 23.6 Å². The lowest BCUT2D eigenvalue weighted by Gasteiger charge is -2.20. The van der Waals surface area contributed by atoms with E-state index in [1.54, 1.807) is 0 Å². The molecule has 0 spiro atoms. The minimum Gasteiger partial charge on any atom is -0.457 e. The Morgan fingerprint density at radius 2 is 1.90 bits per heavy atom. The molecule has 21 heavy (non-hydrogen) atoms. The first kappa shape index (κ1) is 14.2. The van der Waals surface area contributed by atoms with Crippen molar-refractivity contribution in [1.29, 1.82) is 0 Å². The molecule has 2 bridgehead atoms. The van der Waals surface area contributed by atoms with Crippen molar-refractivity contribution < 1.29 is 18.7 Å². The number of halogens is 1. The number of carbonyl (C=O) groups is 2. The van der Waals surface area contributed by atoms with Gasteiger partial charge >= 0.3 is 5.97 Å². The molecule has 0 saturated heterocycles.